The van der Waals surface area contributed by atoms with Crippen LogP contribution in [0.15, 0.2) is 36.7 Å². The summed E-state index contributed by atoms with van der Waals surface area (Å²) in [6.07, 6.45) is 3.19. The van der Waals surface area contributed by atoms with E-state index < -0.39 is 0 Å². The lowest BCUT2D eigenvalue weighted by Crippen LogP contribution is -2.48. The number of aromatic nitrogens is 2. The predicted molar refractivity (Wildman–Crippen MR) is 102 cm³/mol. The standard InChI is InChI=1S/C19H25N5O2/c1-14(2)22-19-20-12-15(13-21-19)18(25)24-10-8-23(9-11-24)16-4-6-17(26-3)7-5-16/h4-7,12-14H,8-11H2,1-3H3,(H,20,21,22). The lowest BCUT2D eigenvalue weighted by atomic mass is 10.2. The highest BCUT2D eigenvalue weighted by atomic mass is 16.5. The quantitative estimate of drug-likeness (QED) is 0.887. The molecule has 1 aliphatic heterocycles. The van der Waals surface area contributed by atoms with Crippen LogP contribution in [-0.2, 0) is 0 Å². The first kappa shape index (κ1) is 18.0. The van der Waals surface area contributed by atoms with Crippen molar-refractivity contribution in [3.63, 3.8) is 0 Å². The molecule has 2 heterocycles. The third-order valence-electron chi connectivity index (χ3n) is 4.32. The first-order chi connectivity index (χ1) is 12.6. The molecule has 0 atom stereocenters. The van der Waals surface area contributed by atoms with Crippen LogP contribution in [0.4, 0.5) is 11.6 Å². The maximum Gasteiger partial charge on any atom is 0.257 e. The highest BCUT2D eigenvalue weighted by Crippen LogP contribution is 2.21. The molecular weight excluding hydrogens is 330 g/mol. The molecule has 1 fully saturated rings. The third-order valence-corrected chi connectivity index (χ3v) is 4.32. The molecule has 1 N–H and O–H groups in total. The number of benzene rings is 1. The molecule has 26 heavy (non-hydrogen) atoms. The van der Waals surface area contributed by atoms with Gasteiger partial charge in [0.05, 0.1) is 12.7 Å². The number of rotatable bonds is 5. The number of piperazine rings is 1. The van der Waals surface area contributed by atoms with Crippen molar-refractivity contribution in [1.29, 1.82) is 0 Å². The summed E-state index contributed by atoms with van der Waals surface area (Å²) >= 11 is 0. The average Bonchev–Trinajstić information content (AvgIpc) is 2.68. The molecule has 3 rings (SSSR count). The van der Waals surface area contributed by atoms with Gasteiger partial charge in [-0.3, -0.25) is 4.79 Å². The summed E-state index contributed by atoms with van der Waals surface area (Å²) in [6, 6.07) is 8.26. The smallest absolute Gasteiger partial charge is 0.257 e. The monoisotopic (exact) mass is 355 g/mol. The molecule has 7 nitrogen and oxygen atoms in total. The Morgan fingerprint density at radius 1 is 1.08 bits per heavy atom. The number of methoxy groups -OCH3 is 1. The second kappa shape index (κ2) is 8.03. The van der Waals surface area contributed by atoms with Gasteiger partial charge in [0, 0.05) is 50.3 Å². The van der Waals surface area contributed by atoms with Gasteiger partial charge in [-0.1, -0.05) is 0 Å². The first-order valence-corrected chi connectivity index (χ1v) is 8.83. The van der Waals surface area contributed by atoms with Gasteiger partial charge in [-0.15, -0.1) is 0 Å². The zero-order valence-electron chi connectivity index (χ0n) is 15.5. The minimum Gasteiger partial charge on any atom is -0.497 e. The van der Waals surface area contributed by atoms with E-state index in [-0.39, 0.29) is 11.9 Å². The van der Waals surface area contributed by atoms with Gasteiger partial charge in [0.15, 0.2) is 0 Å². The summed E-state index contributed by atoms with van der Waals surface area (Å²) < 4.78 is 5.20. The maximum absolute atomic E-state index is 12.7. The van der Waals surface area contributed by atoms with E-state index in [1.54, 1.807) is 19.5 Å². The van der Waals surface area contributed by atoms with Crippen LogP contribution in [0.25, 0.3) is 0 Å². The Morgan fingerprint density at radius 2 is 1.69 bits per heavy atom. The Kier molecular flexibility index (Phi) is 5.55. The van der Waals surface area contributed by atoms with Gasteiger partial charge in [-0.2, -0.15) is 0 Å². The van der Waals surface area contributed by atoms with Crippen LogP contribution in [-0.4, -0.2) is 60.1 Å². The Hall–Kier alpha value is -2.83. The topological polar surface area (TPSA) is 70.6 Å². The number of hydrogen-bond acceptors (Lipinski definition) is 6. The van der Waals surface area contributed by atoms with Crippen molar-refractivity contribution in [1.82, 2.24) is 14.9 Å². The summed E-state index contributed by atoms with van der Waals surface area (Å²) in [5.74, 6) is 1.37. The van der Waals surface area contributed by atoms with Crippen molar-refractivity contribution in [2.45, 2.75) is 19.9 Å². The van der Waals surface area contributed by atoms with Crippen molar-refractivity contribution in [3.8, 4) is 5.75 Å². The Balaban J connectivity index is 1.57. The molecule has 0 bridgehead atoms. The van der Waals surface area contributed by atoms with Crippen molar-refractivity contribution in [3.05, 3.63) is 42.2 Å². The van der Waals surface area contributed by atoms with Gasteiger partial charge in [-0.05, 0) is 38.1 Å². The molecule has 1 aliphatic rings. The molecule has 1 aromatic carbocycles. The number of amides is 1. The number of anilines is 2. The second-order valence-electron chi connectivity index (χ2n) is 6.57. The summed E-state index contributed by atoms with van der Waals surface area (Å²) in [7, 11) is 1.66. The van der Waals surface area contributed by atoms with Gasteiger partial charge >= 0.3 is 0 Å². The van der Waals surface area contributed by atoms with E-state index in [9.17, 15) is 4.79 Å². The number of ether oxygens (including phenoxy) is 1. The number of carbonyl (C=O) groups excluding carboxylic acids is 1. The van der Waals surface area contributed by atoms with Crippen molar-refractivity contribution >= 4 is 17.5 Å². The summed E-state index contributed by atoms with van der Waals surface area (Å²) in [6.45, 7) is 6.99. The van der Waals surface area contributed by atoms with Gasteiger partial charge in [0.1, 0.15) is 5.75 Å². The number of hydrogen-bond donors (Lipinski definition) is 1. The zero-order chi connectivity index (χ0) is 18.5. The molecule has 0 unspecified atom stereocenters. The number of nitrogens with one attached hydrogen (secondary N) is 1. The third kappa shape index (κ3) is 4.22. The minimum atomic E-state index is -0.0181. The van der Waals surface area contributed by atoms with E-state index in [2.05, 4.69) is 20.2 Å². The molecular formula is C19H25N5O2. The molecule has 0 radical (unpaired) electrons. The SMILES string of the molecule is COc1ccc(N2CCN(C(=O)c3cnc(NC(C)C)nc3)CC2)cc1. The molecule has 0 aliphatic carbocycles. The van der Waals surface area contributed by atoms with Gasteiger partial charge < -0.3 is 19.9 Å². The summed E-state index contributed by atoms with van der Waals surface area (Å²) in [4.78, 5) is 25.2. The molecule has 138 valence electrons. The number of carbonyl (C=O) groups is 1. The van der Waals surface area contributed by atoms with Crippen molar-refractivity contribution in [2.75, 3.05) is 43.5 Å². The normalized spacial score (nSPS) is 14.5. The molecule has 1 saturated heterocycles. The van der Waals surface area contributed by atoms with Crippen LogP contribution >= 0.6 is 0 Å². The fourth-order valence-corrected chi connectivity index (χ4v) is 2.91. The molecule has 1 aromatic heterocycles. The predicted octanol–water partition coefficient (Wildman–Crippen LogP) is 2.27. The lowest BCUT2D eigenvalue weighted by Gasteiger charge is -2.36. The largest absolute Gasteiger partial charge is 0.497 e. The van der Waals surface area contributed by atoms with Gasteiger partial charge in [0.25, 0.3) is 5.91 Å². The van der Waals surface area contributed by atoms with Crippen LogP contribution in [0.3, 0.4) is 0 Å². The van der Waals surface area contributed by atoms with Crippen molar-refractivity contribution < 1.29 is 9.53 Å². The Labute approximate surface area is 154 Å². The van der Waals surface area contributed by atoms with E-state index in [4.69, 9.17) is 4.74 Å². The average molecular weight is 355 g/mol. The van der Waals surface area contributed by atoms with Crippen molar-refractivity contribution in [2.24, 2.45) is 0 Å². The van der Waals surface area contributed by atoms with Crippen LogP contribution in [0, 0.1) is 0 Å². The second-order valence-corrected chi connectivity index (χ2v) is 6.57. The van der Waals surface area contributed by atoms with Gasteiger partial charge in [-0.25, -0.2) is 9.97 Å². The van der Waals surface area contributed by atoms with E-state index in [0.29, 0.717) is 24.6 Å². The molecule has 0 saturated carbocycles. The van der Waals surface area contributed by atoms with E-state index in [1.807, 2.05) is 43.0 Å². The number of nitrogens with zero attached hydrogens (tertiary/aromatic N) is 4. The highest BCUT2D eigenvalue weighted by Gasteiger charge is 2.23. The molecule has 1 amide bonds. The fraction of sp³-hybridized carbons (Fsp3) is 0.421. The molecule has 0 spiro atoms. The summed E-state index contributed by atoms with van der Waals surface area (Å²) in [5.41, 5.74) is 1.67. The van der Waals surface area contributed by atoms with E-state index in [1.165, 1.54) is 0 Å². The van der Waals surface area contributed by atoms with Crippen LogP contribution in [0.2, 0.25) is 0 Å². The summed E-state index contributed by atoms with van der Waals surface area (Å²) in [5, 5.41) is 3.12. The zero-order valence-corrected chi connectivity index (χ0v) is 15.5. The first-order valence-electron chi connectivity index (χ1n) is 8.83. The molecule has 7 heteroatoms. The van der Waals surface area contributed by atoms with E-state index in [0.717, 1.165) is 24.5 Å². The minimum absolute atomic E-state index is 0.0181. The fourth-order valence-electron chi connectivity index (χ4n) is 2.91. The van der Waals surface area contributed by atoms with Crippen LogP contribution < -0.4 is 15.0 Å². The Morgan fingerprint density at radius 3 is 2.23 bits per heavy atom. The van der Waals surface area contributed by atoms with Crippen LogP contribution in [0.1, 0.15) is 24.2 Å². The maximum atomic E-state index is 12.7. The van der Waals surface area contributed by atoms with Gasteiger partial charge in [0.2, 0.25) is 5.95 Å². The lowest BCUT2D eigenvalue weighted by molar-refractivity contribution is 0.0746. The highest BCUT2D eigenvalue weighted by molar-refractivity contribution is 5.93. The Bertz CT molecular complexity index is 723. The molecule has 2 aromatic rings. The van der Waals surface area contributed by atoms with Crippen LogP contribution in [0.5, 0.6) is 5.75 Å². The van der Waals surface area contributed by atoms with E-state index >= 15 is 0 Å².